The Morgan fingerprint density at radius 3 is 2.89 bits per heavy atom. The molecule has 19 heavy (non-hydrogen) atoms. The van der Waals surface area contributed by atoms with Crippen LogP contribution in [0.4, 0.5) is 0 Å². The van der Waals surface area contributed by atoms with Crippen LogP contribution in [0.3, 0.4) is 0 Å². The van der Waals surface area contributed by atoms with Crippen molar-refractivity contribution in [1.82, 2.24) is 15.1 Å². The Balaban J connectivity index is 2.20. The van der Waals surface area contributed by atoms with Gasteiger partial charge in [-0.25, -0.2) is 0 Å². The molecule has 0 aromatic carbocycles. The third-order valence-corrected chi connectivity index (χ3v) is 3.87. The number of carbonyl (C=O) groups is 1. The van der Waals surface area contributed by atoms with E-state index in [0.29, 0.717) is 0 Å². The number of amides is 1. The summed E-state index contributed by atoms with van der Waals surface area (Å²) in [5, 5.41) is 7.77. The summed E-state index contributed by atoms with van der Waals surface area (Å²) in [6.07, 6.45) is 7.48. The summed E-state index contributed by atoms with van der Waals surface area (Å²) in [5.41, 5.74) is 6.22. The normalized spacial score (nSPS) is 27.7. The van der Waals surface area contributed by atoms with Crippen molar-refractivity contribution in [2.45, 2.75) is 64.1 Å². The average Bonchev–Trinajstić information content (AvgIpc) is 2.75. The fourth-order valence-electron chi connectivity index (χ4n) is 3.08. The van der Waals surface area contributed by atoms with Crippen LogP contribution in [0.25, 0.3) is 0 Å². The van der Waals surface area contributed by atoms with E-state index in [4.69, 9.17) is 5.73 Å². The SMILES string of the molecule is Cc1cnn(C2CCCC(NC(C)C)(C(N)=O)C2)c1. The van der Waals surface area contributed by atoms with Gasteiger partial charge in [0.05, 0.1) is 17.8 Å². The topological polar surface area (TPSA) is 72.9 Å². The molecule has 2 rings (SSSR count). The largest absolute Gasteiger partial charge is 0.368 e. The minimum absolute atomic E-state index is 0.241. The van der Waals surface area contributed by atoms with Crippen LogP contribution in [-0.2, 0) is 4.79 Å². The van der Waals surface area contributed by atoms with Crippen molar-refractivity contribution in [1.29, 1.82) is 0 Å². The van der Waals surface area contributed by atoms with E-state index >= 15 is 0 Å². The highest BCUT2D eigenvalue weighted by atomic mass is 16.1. The van der Waals surface area contributed by atoms with E-state index in [1.165, 1.54) is 0 Å². The molecule has 2 atom stereocenters. The summed E-state index contributed by atoms with van der Waals surface area (Å²) in [6, 6.07) is 0.492. The quantitative estimate of drug-likeness (QED) is 0.866. The molecule has 2 unspecified atom stereocenters. The average molecular weight is 264 g/mol. The van der Waals surface area contributed by atoms with Gasteiger partial charge in [-0.15, -0.1) is 0 Å². The highest BCUT2D eigenvalue weighted by Crippen LogP contribution is 2.35. The number of primary amides is 1. The molecule has 0 spiro atoms. The van der Waals surface area contributed by atoms with E-state index in [1.54, 1.807) is 0 Å². The lowest BCUT2D eigenvalue weighted by molar-refractivity contribution is -0.126. The molecule has 5 nitrogen and oxygen atoms in total. The molecule has 1 aromatic rings. The summed E-state index contributed by atoms with van der Waals surface area (Å²) in [6.45, 7) is 6.12. The Hall–Kier alpha value is -1.36. The zero-order valence-corrected chi connectivity index (χ0v) is 12.0. The maximum atomic E-state index is 11.9. The standard InChI is InChI=1S/C14H24N4O/c1-10(2)17-14(13(15)19)6-4-5-12(7-14)18-9-11(3)8-16-18/h8-10,12,17H,4-7H2,1-3H3,(H2,15,19). The van der Waals surface area contributed by atoms with Crippen LogP contribution in [0.1, 0.15) is 51.1 Å². The molecule has 106 valence electrons. The van der Waals surface area contributed by atoms with E-state index in [9.17, 15) is 4.79 Å². The fourth-order valence-corrected chi connectivity index (χ4v) is 3.08. The van der Waals surface area contributed by atoms with Gasteiger partial charge in [0.2, 0.25) is 5.91 Å². The summed E-state index contributed by atoms with van der Waals surface area (Å²) >= 11 is 0. The summed E-state index contributed by atoms with van der Waals surface area (Å²) < 4.78 is 1.98. The van der Waals surface area contributed by atoms with Crippen molar-refractivity contribution >= 4 is 5.91 Å². The first-order chi connectivity index (χ1) is 8.93. The van der Waals surface area contributed by atoms with Crippen molar-refractivity contribution in [2.75, 3.05) is 0 Å². The molecule has 3 N–H and O–H groups in total. The number of hydrogen-bond acceptors (Lipinski definition) is 3. The van der Waals surface area contributed by atoms with Gasteiger partial charge in [0.1, 0.15) is 0 Å². The van der Waals surface area contributed by atoms with Crippen LogP contribution in [0, 0.1) is 6.92 Å². The van der Waals surface area contributed by atoms with Gasteiger partial charge in [-0.05, 0) is 52.0 Å². The number of nitrogens with two attached hydrogens (primary N) is 1. The molecule has 1 heterocycles. The molecule has 0 radical (unpaired) electrons. The third-order valence-electron chi connectivity index (χ3n) is 3.87. The van der Waals surface area contributed by atoms with Crippen LogP contribution in [0.2, 0.25) is 0 Å². The molecular weight excluding hydrogens is 240 g/mol. The van der Waals surface area contributed by atoms with Gasteiger partial charge in [0, 0.05) is 12.2 Å². The second-order valence-electron chi connectivity index (χ2n) is 5.99. The smallest absolute Gasteiger partial charge is 0.237 e. The maximum absolute atomic E-state index is 11.9. The molecule has 1 amide bonds. The zero-order valence-electron chi connectivity index (χ0n) is 12.0. The van der Waals surface area contributed by atoms with Crippen LogP contribution < -0.4 is 11.1 Å². The minimum atomic E-state index is -0.586. The zero-order chi connectivity index (χ0) is 14.0. The molecule has 0 bridgehead atoms. The maximum Gasteiger partial charge on any atom is 0.237 e. The summed E-state index contributed by atoms with van der Waals surface area (Å²) in [4.78, 5) is 11.9. The molecule has 1 aliphatic rings. The van der Waals surface area contributed by atoms with Crippen molar-refractivity contribution in [3.8, 4) is 0 Å². The van der Waals surface area contributed by atoms with Crippen molar-refractivity contribution in [2.24, 2.45) is 5.73 Å². The molecule has 1 aromatic heterocycles. The summed E-state index contributed by atoms with van der Waals surface area (Å²) in [7, 11) is 0. The molecule has 1 aliphatic carbocycles. The van der Waals surface area contributed by atoms with Crippen molar-refractivity contribution < 1.29 is 4.79 Å². The molecule has 1 saturated carbocycles. The van der Waals surface area contributed by atoms with E-state index in [-0.39, 0.29) is 18.0 Å². The fraction of sp³-hybridized carbons (Fsp3) is 0.714. The number of aryl methyl sites for hydroxylation is 1. The van der Waals surface area contributed by atoms with Crippen molar-refractivity contribution in [3.05, 3.63) is 18.0 Å². The highest BCUT2D eigenvalue weighted by Gasteiger charge is 2.42. The Kier molecular flexibility index (Phi) is 3.94. The van der Waals surface area contributed by atoms with E-state index in [0.717, 1.165) is 31.2 Å². The third kappa shape index (κ3) is 2.97. The Morgan fingerprint density at radius 1 is 1.63 bits per heavy atom. The minimum Gasteiger partial charge on any atom is -0.368 e. The number of carbonyl (C=O) groups excluding carboxylic acids is 1. The molecule has 1 fully saturated rings. The predicted molar refractivity (Wildman–Crippen MR) is 74.7 cm³/mol. The lowest BCUT2D eigenvalue weighted by atomic mass is 9.78. The Labute approximate surface area is 114 Å². The van der Waals surface area contributed by atoms with Gasteiger partial charge in [0.15, 0.2) is 0 Å². The highest BCUT2D eigenvalue weighted by molar-refractivity contribution is 5.84. The molecule has 0 aliphatic heterocycles. The van der Waals surface area contributed by atoms with E-state index in [1.807, 2.05) is 37.8 Å². The van der Waals surface area contributed by atoms with Gasteiger partial charge < -0.3 is 11.1 Å². The van der Waals surface area contributed by atoms with Crippen LogP contribution in [0.15, 0.2) is 12.4 Å². The van der Waals surface area contributed by atoms with Gasteiger partial charge >= 0.3 is 0 Å². The number of rotatable bonds is 4. The second kappa shape index (κ2) is 5.33. The van der Waals surface area contributed by atoms with Gasteiger partial charge in [-0.1, -0.05) is 0 Å². The predicted octanol–water partition coefficient (Wildman–Crippen LogP) is 1.53. The molecular formula is C14H24N4O. The monoisotopic (exact) mass is 264 g/mol. The van der Waals surface area contributed by atoms with Crippen LogP contribution >= 0.6 is 0 Å². The molecule has 5 heteroatoms. The number of nitrogens with zero attached hydrogens (tertiary/aromatic N) is 2. The van der Waals surface area contributed by atoms with Crippen LogP contribution in [0.5, 0.6) is 0 Å². The van der Waals surface area contributed by atoms with Gasteiger partial charge in [-0.2, -0.15) is 5.10 Å². The van der Waals surface area contributed by atoms with E-state index in [2.05, 4.69) is 10.4 Å². The Bertz CT molecular complexity index is 454. The Morgan fingerprint density at radius 2 is 2.37 bits per heavy atom. The second-order valence-corrected chi connectivity index (χ2v) is 5.99. The number of aromatic nitrogens is 2. The van der Waals surface area contributed by atoms with Gasteiger partial charge in [-0.3, -0.25) is 9.48 Å². The van der Waals surface area contributed by atoms with Crippen LogP contribution in [-0.4, -0.2) is 27.3 Å². The first kappa shape index (κ1) is 14.1. The van der Waals surface area contributed by atoms with Crippen molar-refractivity contribution in [3.63, 3.8) is 0 Å². The lowest BCUT2D eigenvalue weighted by Crippen LogP contribution is -2.59. The summed E-state index contributed by atoms with van der Waals surface area (Å²) in [5.74, 6) is -0.241. The van der Waals surface area contributed by atoms with Gasteiger partial charge in [0.25, 0.3) is 0 Å². The first-order valence-electron chi connectivity index (χ1n) is 7.01. The number of nitrogens with one attached hydrogen (secondary N) is 1. The lowest BCUT2D eigenvalue weighted by Gasteiger charge is -2.40. The first-order valence-corrected chi connectivity index (χ1v) is 7.01. The van der Waals surface area contributed by atoms with E-state index < -0.39 is 5.54 Å². The number of hydrogen-bond donors (Lipinski definition) is 2. The molecule has 0 saturated heterocycles.